The van der Waals surface area contributed by atoms with Crippen molar-refractivity contribution in [2.75, 3.05) is 19.6 Å². The van der Waals surface area contributed by atoms with E-state index in [2.05, 4.69) is 10.3 Å². The molecule has 200 valence electrons. The highest BCUT2D eigenvalue weighted by molar-refractivity contribution is 8.22. The Kier molecular flexibility index (Phi) is 8.49. The molecule has 0 unspecified atom stereocenters. The molecule has 9 nitrogen and oxygen atoms in total. The van der Waals surface area contributed by atoms with Gasteiger partial charge in [0.1, 0.15) is 11.6 Å². The number of aromatic nitrogens is 1. The topological polar surface area (TPSA) is 115 Å². The lowest BCUT2D eigenvalue weighted by Crippen LogP contribution is -2.53. The van der Waals surface area contributed by atoms with Crippen LogP contribution in [0.3, 0.4) is 0 Å². The molecule has 0 saturated carbocycles. The third-order valence-electron chi connectivity index (χ3n) is 6.02. The number of nitrogens with one attached hydrogen (secondary N) is 1. The summed E-state index contributed by atoms with van der Waals surface area (Å²) < 4.78 is 44.3. The molecule has 2 aromatic rings. The summed E-state index contributed by atoms with van der Waals surface area (Å²) in [5.74, 6) is -1.08. The lowest BCUT2D eigenvalue weighted by molar-refractivity contribution is -0.134. The van der Waals surface area contributed by atoms with Gasteiger partial charge in [0.2, 0.25) is 5.91 Å². The Hall–Kier alpha value is -2.47. The number of rotatable bonds is 5. The van der Waals surface area contributed by atoms with Gasteiger partial charge in [-0.15, -0.1) is 10.8 Å². The van der Waals surface area contributed by atoms with E-state index in [9.17, 15) is 23.1 Å². The molecule has 0 bridgehead atoms. The fraction of sp³-hybridized carbons (Fsp3) is 0.560. The maximum Gasteiger partial charge on any atom is 0.408 e. The number of ether oxygens (including phenoxy) is 1. The second-order valence-corrected chi connectivity index (χ2v) is 12.4. The van der Waals surface area contributed by atoms with Crippen LogP contribution in [0.5, 0.6) is 0 Å². The van der Waals surface area contributed by atoms with Crippen molar-refractivity contribution in [2.24, 2.45) is 5.92 Å². The van der Waals surface area contributed by atoms with Crippen LogP contribution >= 0.6 is 10.8 Å². The van der Waals surface area contributed by atoms with Crippen molar-refractivity contribution >= 4 is 33.5 Å². The molecule has 2 heterocycles. The zero-order chi connectivity index (χ0) is 26.8. The van der Waals surface area contributed by atoms with E-state index < -0.39 is 40.4 Å². The zero-order valence-corrected chi connectivity index (χ0v) is 22.5. The number of nitrogens with zero attached hydrogens (tertiary/aromatic N) is 3. The van der Waals surface area contributed by atoms with Gasteiger partial charge in [0.05, 0.1) is 11.1 Å². The molecule has 1 saturated heterocycles. The van der Waals surface area contributed by atoms with Crippen LogP contribution in [-0.2, 0) is 9.53 Å². The molecule has 1 fully saturated rings. The molecule has 2 amide bonds. The smallest absolute Gasteiger partial charge is 0.408 e. The molecule has 11 heteroatoms. The maximum atomic E-state index is 14.7. The van der Waals surface area contributed by atoms with Crippen molar-refractivity contribution in [1.82, 2.24) is 19.5 Å². The highest BCUT2D eigenvalue weighted by Crippen LogP contribution is 2.55. The average Bonchev–Trinajstić information content (AvgIpc) is 2.97. The van der Waals surface area contributed by atoms with E-state index in [1.165, 1.54) is 12.3 Å². The molecular formula is C25H37FN4O5S. The lowest BCUT2D eigenvalue weighted by Gasteiger charge is -2.46. The van der Waals surface area contributed by atoms with Crippen LogP contribution in [0, 0.1) is 11.7 Å². The van der Waals surface area contributed by atoms with Crippen LogP contribution in [0.1, 0.15) is 48.0 Å². The number of fused-ring (bicyclic) bond motifs is 1. The summed E-state index contributed by atoms with van der Waals surface area (Å²) in [7, 11) is -3.57. The highest BCUT2D eigenvalue weighted by atomic mass is 32.3. The van der Waals surface area contributed by atoms with Crippen LogP contribution in [0.15, 0.2) is 35.5 Å². The van der Waals surface area contributed by atoms with Crippen LogP contribution in [0.25, 0.3) is 10.8 Å². The van der Waals surface area contributed by atoms with E-state index in [0.29, 0.717) is 24.9 Å². The van der Waals surface area contributed by atoms with Crippen molar-refractivity contribution in [3.63, 3.8) is 0 Å². The van der Waals surface area contributed by atoms with Gasteiger partial charge in [0, 0.05) is 42.6 Å². The average molecular weight is 525 g/mol. The van der Waals surface area contributed by atoms with Gasteiger partial charge in [0.25, 0.3) is 0 Å². The van der Waals surface area contributed by atoms with Gasteiger partial charge in [-0.05, 0) is 46.1 Å². The predicted octanol–water partition coefficient (Wildman–Crippen LogP) is 4.87. The van der Waals surface area contributed by atoms with Crippen LogP contribution in [-0.4, -0.2) is 72.6 Å². The monoisotopic (exact) mass is 524 g/mol. The molecule has 1 aromatic carbocycles. The molecule has 2 atom stereocenters. The number of carbonyl (C=O) groups is 2. The predicted molar refractivity (Wildman–Crippen MR) is 138 cm³/mol. The molecule has 3 rings (SSSR count). The minimum atomic E-state index is -3.57. The third kappa shape index (κ3) is 6.26. The second kappa shape index (κ2) is 10.9. The van der Waals surface area contributed by atoms with Gasteiger partial charge in [0.15, 0.2) is 5.82 Å². The van der Waals surface area contributed by atoms with Crippen molar-refractivity contribution in [1.29, 1.82) is 0 Å². The molecule has 1 aromatic heterocycles. The molecule has 3 N–H and O–H groups in total. The van der Waals surface area contributed by atoms with Crippen LogP contribution < -0.4 is 5.32 Å². The van der Waals surface area contributed by atoms with E-state index in [-0.39, 0.29) is 28.7 Å². The normalized spacial score (nSPS) is 19.2. The number of hydrogen-bond donors (Lipinski definition) is 3. The van der Waals surface area contributed by atoms with Crippen molar-refractivity contribution in [2.45, 2.75) is 70.5 Å². The second-order valence-electron chi connectivity index (χ2n) is 10.5. The minimum Gasteiger partial charge on any atom is -0.444 e. The SMILES string of the molecule is CC(C)[C@@H](NC(=O)OC(C)(C)C)C(=O)N1CCCN(S(O)(O)c2cccc3cncc(F)c23)[C@@H](C)C1. The first-order chi connectivity index (χ1) is 16.7. The summed E-state index contributed by atoms with van der Waals surface area (Å²) in [6, 6.07) is 3.58. The minimum absolute atomic E-state index is 0.0955. The first kappa shape index (κ1) is 28.1. The Bertz CT molecular complexity index is 1100. The van der Waals surface area contributed by atoms with Gasteiger partial charge in [-0.2, -0.15) is 4.31 Å². The fourth-order valence-corrected chi connectivity index (χ4v) is 6.33. The third-order valence-corrected chi connectivity index (χ3v) is 8.15. The Morgan fingerprint density at radius 3 is 2.56 bits per heavy atom. The summed E-state index contributed by atoms with van der Waals surface area (Å²) >= 11 is 0. The number of carbonyl (C=O) groups excluding carboxylic acids is 2. The fourth-order valence-electron chi connectivity index (χ4n) is 4.38. The molecule has 1 aliphatic rings. The zero-order valence-electron chi connectivity index (χ0n) is 21.7. The standard InChI is InChI=1S/C25H37FN4O5S/c1-16(2)22(28-24(32)35-25(4,5)6)23(31)29-11-8-12-30(17(3)15-29)36(33,34)20-10-7-9-18-13-27-14-19(26)21(18)20/h7,9-10,13-14,16-17,22,33-34H,8,11-12,15H2,1-6H3,(H,28,32)/t17-,22+/m0/s1. The highest BCUT2D eigenvalue weighted by Gasteiger charge is 2.37. The Balaban J connectivity index is 1.82. The number of amides is 2. The molecule has 0 spiro atoms. The van der Waals surface area contributed by atoms with Gasteiger partial charge >= 0.3 is 6.09 Å². The van der Waals surface area contributed by atoms with Gasteiger partial charge in [-0.3, -0.25) is 18.9 Å². The summed E-state index contributed by atoms with van der Waals surface area (Å²) in [6.07, 6.45) is 2.34. The maximum absolute atomic E-state index is 14.7. The van der Waals surface area contributed by atoms with Crippen molar-refractivity contribution < 1.29 is 27.8 Å². The summed E-state index contributed by atoms with van der Waals surface area (Å²) in [4.78, 5) is 31.4. The Morgan fingerprint density at radius 1 is 1.22 bits per heavy atom. The summed E-state index contributed by atoms with van der Waals surface area (Å²) in [5, 5.41) is 3.29. The van der Waals surface area contributed by atoms with Crippen molar-refractivity contribution in [3.05, 3.63) is 36.4 Å². The number of alkyl carbamates (subject to hydrolysis) is 1. The largest absolute Gasteiger partial charge is 0.444 e. The summed E-state index contributed by atoms with van der Waals surface area (Å²) in [6.45, 7) is 11.6. The molecule has 0 radical (unpaired) electrons. The molecular weight excluding hydrogens is 487 g/mol. The lowest BCUT2D eigenvalue weighted by atomic mass is 10.0. The number of benzene rings is 1. The number of hydrogen-bond acceptors (Lipinski definition) is 7. The molecule has 0 aliphatic carbocycles. The first-order valence-electron chi connectivity index (χ1n) is 12.1. The van der Waals surface area contributed by atoms with E-state index in [1.54, 1.807) is 49.0 Å². The van der Waals surface area contributed by atoms with Gasteiger partial charge in [-0.25, -0.2) is 9.18 Å². The van der Waals surface area contributed by atoms with E-state index in [4.69, 9.17) is 4.74 Å². The number of halogens is 1. The quantitative estimate of drug-likeness (QED) is 0.511. The number of pyridine rings is 1. The Morgan fingerprint density at radius 2 is 1.92 bits per heavy atom. The van der Waals surface area contributed by atoms with Gasteiger partial charge < -0.3 is 15.0 Å². The molecule has 1 aliphatic heterocycles. The van der Waals surface area contributed by atoms with E-state index in [1.807, 2.05) is 13.8 Å². The Labute approximate surface area is 213 Å². The van der Waals surface area contributed by atoms with Crippen LogP contribution in [0.4, 0.5) is 9.18 Å². The summed E-state index contributed by atoms with van der Waals surface area (Å²) in [5.41, 5.74) is -0.697. The molecule has 36 heavy (non-hydrogen) atoms. The van der Waals surface area contributed by atoms with E-state index >= 15 is 0 Å². The van der Waals surface area contributed by atoms with E-state index in [0.717, 1.165) is 6.20 Å². The first-order valence-corrected chi connectivity index (χ1v) is 13.6. The van der Waals surface area contributed by atoms with Gasteiger partial charge in [-0.1, -0.05) is 26.0 Å². The van der Waals surface area contributed by atoms with Crippen molar-refractivity contribution in [3.8, 4) is 0 Å². The van der Waals surface area contributed by atoms with Crippen LogP contribution in [0.2, 0.25) is 0 Å².